The highest BCUT2D eigenvalue weighted by atomic mass is 16.6. The maximum Gasteiger partial charge on any atom is 0.314 e. The van der Waals surface area contributed by atoms with Crippen LogP contribution in [0.5, 0.6) is 11.5 Å². The summed E-state index contributed by atoms with van der Waals surface area (Å²) in [4.78, 5) is 10.8. The quantitative estimate of drug-likeness (QED) is 0.652. The number of para-hydroxylation sites is 2. The van der Waals surface area contributed by atoms with Gasteiger partial charge in [-0.2, -0.15) is 0 Å². The van der Waals surface area contributed by atoms with Crippen LogP contribution in [-0.4, -0.2) is 17.1 Å². The van der Waals surface area contributed by atoms with Gasteiger partial charge < -0.3 is 9.84 Å². The Labute approximate surface area is 123 Å². The molecule has 0 spiro atoms. The van der Waals surface area contributed by atoms with Gasteiger partial charge in [-0.3, -0.25) is 10.1 Å². The van der Waals surface area contributed by atoms with E-state index in [-0.39, 0.29) is 17.2 Å². The Hall–Kier alpha value is -2.56. The fraction of sp³-hybridized carbons (Fsp3) is 0.250. The number of methoxy groups -OCH3 is 1. The summed E-state index contributed by atoms with van der Waals surface area (Å²) >= 11 is 0. The monoisotopic (exact) mass is 287 g/mol. The summed E-state index contributed by atoms with van der Waals surface area (Å²) in [5.74, 6) is 0.540. The second-order valence-electron chi connectivity index (χ2n) is 4.71. The average molecular weight is 287 g/mol. The Morgan fingerprint density at radius 3 is 2.43 bits per heavy atom. The fourth-order valence-corrected chi connectivity index (χ4v) is 2.33. The van der Waals surface area contributed by atoms with Crippen LogP contribution in [0.1, 0.15) is 17.5 Å². The van der Waals surface area contributed by atoms with E-state index in [0.717, 1.165) is 5.56 Å². The first kappa shape index (κ1) is 14.8. The van der Waals surface area contributed by atoms with Gasteiger partial charge >= 0.3 is 5.69 Å². The number of phenols is 1. The van der Waals surface area contributed by atoms with Crippen molar-refractivity contribution in [2.45, 2.75) is 19.3 Å². The number of nitro benzene ring substituents is 1. The molecule has 0 radical (unpaired) electrons. The lowest BCUT2D eigenvalue weighted by Crippen LogP contribution is -2.00. The number of phenolic OH excluding ortho intramolecular Hbond substituents is 1. The minimum atomic E-state index is -0.409. The molecule has 0 amide bonds. The summed E-state index contributed by atoms with van der Waals surface area (Å²) in [5, 5.41) is 20.9. The van der Waals surface area contributed by atoms with Crippen molar-refractivity contribution in [1.29, 1.82) is 0 Å². The van der Waals surface area contributed by atoms with E-state index in [1.54, 1.807) is 30.3 Å². The number of benzene rings is 2. The molecule has 2 rings (SSSR count). The van der Waals surface area contributed by atoms with Crippen LogP contribution in [0, 0.1) is 10.1 Å². The molecule has 21 heavy (non-hydrogen) atoms. The Kier molecular flexibility index (Phi) is 4.77. The molecule has 0 atom stereocenters. The first-order chi connectivity index (χ1) is 10.1. The average Bonchev–Trinajstić information content (AvgIpc) is 2.48. The number of aryl methyl sites for hydroxylation is 2. The SMILES string of the molecule is COc1cccc(CCCc2ccccc2O)c1[N+](=O)[O-]. The maximum atomic E-state index is 11.2. The van der Waals surface area contributed by atoms with Crippen molar-refractivity contribution in [1.82, 2.24) is 0 Å². The van der Waals surface area contributed by atoms with Gasteiger partial charge in [0.2, 0.25) is 0 Å². The normalized spacial score (nSPS) is 10.3. The molecule has 0 saturated carbocycles. The lowest BCUT2D eigenvalue weighted by molar-refractivity contribution is -0.386. The molecule has 0 bridgehead atoms. The van der Waals surface area contributed by atoms with E-state index in [9.17, 15) is 15.2 Å². The van der Waals surface area contributed by atoms with Gasteiger partial charge in [-0.25, -0.2) is 0 Å². The third kappa shape index (κ3) is 3.51. The molecule has 110 valence electrons. The van der Waals surface area contributed by atoms with Gasteiger partial charge in [0, 0.05) is 5.56 Å². The minimum Gasteiger partial charge on any atom is -0.508 e. The van der Waals surface area contributed by atoms with Crippen LogP contribution in [0.25, 0.3) is 0 Å². The zero-order chi connectivity index (χ0) is 15.2. The molecule has 0 aliphatic rings. The Morgan fingerprint density at radius 2 is 1.76 bits per heavy atom. The van der Waals surface area contributed by atoms with Crippen molar-refractivity contribution in [3.8, 4) is 11.5 Å². The van der Waals surface area contributed by atoms with Gasteiger partial charge in [0.25, 0.3) is 0 Å². The Bertz CT molecular complexity index is 640. The predicted molar refractivity (Wildman–Crippen MR) is 79.8 cm³/mol. The van der Waals surface area contributed by atoms with Crippen molar-refractivity contribution >= 4 is 5.69 Å². The number of hydrogen-bond acceptors (Lipinski definition) is 4. The predicted octanol–water partition coefficient (Wildman–Crippen LogP) is 3.48. The van der Waals surface area contributed by atoms with Crippen molar-refractivity contribution in [2.75, 3.05) is 7.11 Å². The van der Waals surface area contributed by atoms with E-state index in [2.05, 4.69) is 0 Å². The molecule has 5 heteroatoms. The molecule has 1 N–H and O–H groups in total. The van der Waals surface area contributed by atoms with Gasteiger partial charge in [0.05, 0.1) is 12.0 Å². The van der Waals surface area contributed by atoms with E-state index in [1.807, 2.05) is 12.1 Å². The summed E-state index contributed by atoms with van der Waals surface area (Å²) in [7, 11) is 1.42. The Morgan fingerprint density at radius 1 is 1.10 bits per heavy atom. The van der Waals surface area contributed by atoms with Crippen LogP contribution < -0.4 is 4.74 Å². The molecule has 0 saturated heterocycles. The first-order valence-electron chi connectivity index (χ1n) is 6.70. The summed E-state index contributed by atoms with van der Waals surface area (Å²) in [6.07, 6.45) is 1.94. The van der Waals surface area contributed by atoms with Crippen molar-refractivity contribution in [3.63, 3.8) is 0 Å². The molecular weight excluding hydrogens is 270 g/mol. The number of ether oxygens (including phenoxy) is 1. The second-order valence-corrected chi connectivity index (χ2v) is 4.71. The molecule has 0 aliphatic heterocycles. The van der Waals surface area contributed by atoms with Gasteiger partial charge in [0.15, 0.2) is 5.75 Å². The third-order valence-corrected chi connectivity index (χ3v) is 3.37. The molecule has 0 heterocycles. The van der Waals surface area contributed by atoms with Crippen LogP contribution in [0.4, 0.5) is 5.69 Å². The van der Waals surface area contributed by atoms with Gasteiger partial charge in [-0.05, 0) is 37.0 Å². The van der Waals surface area contributed by atoms with Crippen LogP contribution in [0.2, 0.25) is 0 Å². The Balaban J connectivity index is 2.10. The molecule has 2 aromatic rings. The van der Waals surface area contributed by atoms with Gasteiger partial charge in [-0.1, -0.05) is 30.3 Å². The number of nitro groups is 1. The van der Waals surface area contributed by atoms with E-state index in [1.165, 1.54) is 7.11 Å². The lowest BCUT2D eigenvalue weighted by Gasteiger charge is -2.07. The molecule has 0 unspecified atom stereocenters. The number of hydrogen-bond donors (Lipinski definition) is 1. The van der Waals surface area contributed by atoms with Crippen LogP contribution in [0.15, 0.2) is 42.5 Å². The van der Waals surface area contributed by atoms with Crippen molar-refractivity contribution in [3.05, 3.63) is 63.7 Å². The van der Waals surface area contributed by atoms with Crippen LogP contribution in [0.3, 0.4) is 0 Å². The standard InChI is InChI=1S/C16H17NO4/c1-21-15-11-5-9-13(16(15)17(19)20)8-4-7-12-6-2-3-10-14(12)18/h2-3,5-6,9-11,18H,4,7-8H2,1H3. The lowest BCUT2D eigenvalue weighted by atomic mass is 10.0. The maximum absolute atomic E-state index is 11.2. The van der Waals surface area contributed by atoms with Crippen LogP contribution >= 0.6 is 0 Å². The highest BCUT2D eigenvalue weighted by Crippen LogP contribution is 2.31. The van der Waals surface area contributed by atoms with Gasteiger partial charge in [0.1, 0.15) is 5.75 Å². The van der Waals surface area contributed by atoms with Crippen LogP contribution in [-0.2, 0) is 12.8 Å². The van der Waals surface area contributed by atoms with E-state index in [0.29, 0.717) is 24.8 Å². The molecule has 0 aromatic heterocycles. The zero-order valence-corrected chi connectivity index (χ0v) is 11.8. The summed E-state index contributed by atoms with van der Waals surface area (Å²) < 4.78 is 5.05. The smallest absolute Gasteiger partial charge is 0.314 e. The van der Waals surface area contributed by atoms with Gasteiger partial charge in [-0.15, -0.1) is 0 Å². The molecule has 5 nitrogen and oxygen atoms in total. The second kappa shape index (κ2) is 6.74. The minimum absolute atomic E-state index is 0.0253. The summed E-state index contributed by atoms with van der Waals surface area (Å²) in [6.45, 7) is 0. The fourth-order valence-electron chi connectivity index (χ4n) is 2.33. The molecule has 0 aliphatic carbocycles. The van der Waals surface area contributed by atoms with Crippen molar-refractivity contribution in [2.24, 2.45) is 0 Å². The highest BCUT2D eigenvalue weighted by Gasteiger charge is 2.19. The summed E-state index contributed by atoms with van der Waals surface area (Å²) in [6, 6.07) is 12.2. The largest absolute Gasteiger partial charge is 0.508 e. The zero-order valence-electron chi connectivity index (χ0n) is 11.8. The van der Waals surface area contributed by atoms with E-state index in [4.69, 9.17) is 4.74 Å². The van der Waals surface area contributed by atoms with E-state index < -0.39 is 4.92 Å². The number of aromatic hydroxyl groups is 1. The molecular formula is C16H17NO4. The number of rotatable bonds is 6. The third-order valence-electron chi connectivity index (χ3n) is 3.37. The van der Waals surface area contributed by atoms with E-state index >= 15 is 0 Å². The first-order valence-corrected chi connectivity index (χ1v) is 6.70. The molecule has 2 aromatic carbocycles. The topological polar surface area (TPSA) is 72.6 Å². The molecule has 0 fully saturated rings. The highest BCUT2D eigenvalue weighted by molar-refractivity contribution is 5.52. The summed E-state index contributed by atoms with van der Waals surface area (Å²) in [5.41, 5.74) is 1.52. The number of nitrogens with zero attached hydrogens (tertiary/aromatic N) is 1. The van der Waals surface area contributed by atoms with Crippen molar-refractivity contribution < 1.29 is 14.8 Å².